The van der Waals surface area contributed by atoms with Crippen LogP contribution < -0.4 is 0 Å². The molecule has 1 fully saturated rings. The van der Waals surface area contributed by atoms with E-state index in [1.54, 1.807) is 24.1 Å². The van der Waals surface area contributed by atoms with E-state index in [9.17, 15) is 13.2 Å². The maximum absolute atomic E-state index is 13.2. The smallest absolute Gasteiger partial charge is 0.257 e. The van der Waals surface area contributed by atoms with Crippen molar-refractivity contribution < 1.29 is 22.4 Å². The van der Waals surface area contributed by atoms with E-state index in [2.05, 4.69) is 17.1 Å². The zero-order valence-corrected chi connectivity index (χ0v) is 20.8. The number of carbonyl (C=O) groups excluding carboxylic acids is 1. The molecule has 0 spiro atoms. The van der Waals surface area contributed by atoms with Gasteiger partial charge in [0.2, 0.25) is 15.9 Å². The van der Waals surface area contributed by atoms with Crippen molar-refractivity contribution in [2.45, 2.75) is 31.2 Å². The summed E-state index contributed by atoms with van der Waals surface area (Å²) in [6, 6.07) is 9.87. The molecule has 2 aromatic heterocycles. The normalized spacial score (nSPS) is 15.5. The third-order valence-corrected chi connectivity index (χ3v) is 8.63. The zero-order valence-electron chi connectivity index (χ0n) is 19.2. The molecular weight excluding hydrogens is 476 g/mol. The van der Waals surface area contributed by atoms with Gasteiger partial charge in [0, 0.05) is 32.3 Å². The van der Waals surface area contributed by atoms with Crippen molar-refractivity contribution in [3.05, 3.63) is 53.2 Å². The maximum Gasteiger partial charge on any atom is 0.257 e. The average Bonchev–Trinajstić information content (AvgIpc) is 3.54. The molecule has 1 aliphatic rings. The van der Waals surface area contributed by atoms with Gasteiger partial charge in [0.05, 0.1) is 22.9 Å². The van der Waals surface area contributed by atoms with E-state index in [1.807, 2.05) is 17.5 Å². The third kappa shape index (κ3) is 5.54. The van der Waals surface area contributed by atoms with Crippen molar-refractivity contribution in [1.29, 1.82) is 0 Å². The lowest BCUT2D eigenvalue weighted by Crippen LogP contribution is -2.38. The number of ether oxygens (including phenoxy) is 1. The van der Waals surface area contributed by atoms with Crippen LogP contribution in [0.3, 0.4) is 0 Å². The molecule has 0 N–H and O–H groups in total. The van der Waals surface area contributed by atoms with E-state index < -0.39 is 10.0 Å². The van der Waals surface area contributed by atoms with Gasteiger partial charge in [0.1, 0.15) is 0 Å². The first-order valence-electron chi connectivity index (χ1n) is 11.1. The summed E-state index contributed by atoms with van der Waals surface area (Å²) in [5, 5.41) is 10.1. The molecule has 3 aromatic rings. The first kappa shape index (κ1) is 24.5. The molecule has 0 aliphatic carbocycles. The van der Waals surface area contributed by atoms with Gasteiger partial charge in [-0.05, 0) is 54.5 Å². The molecule has 1 aliphatic heterocycles. The maximum atomic E-state index is 13.2. The molecular formula is C23H28N4O5S2. The lowest BCUT2D eigenvalue weighted by atomic mass is 10.0. The standard InChI is InChI=1S/C23H28N4O5S2/c1-17-9-11-27(12-10-17)34(29,30)19-7-5-18(6-8-19)23(28)26(13-14-31-2)16-21-24-25-22(32-21)20-4-3-15-33-20/h3-8,15,17H,9-14,16H2,1-2H3. The van der Waals surface area contributed by atoms with Crippen LogP contribution in [0.5, 0.6) is 0 Å². The average molecular weight is 505 g/mol. The van der Waals surface area contributed by atoms with E-state index in [0.29, 0.717) is 49.5 Å². The number of methoxy groups -OCH3 is 1. The van der Waals surface area contributed by atoms with E-state index in [4.69, 9.17) is 9.15 Å². The number of hydrogen-bond donors (Lipinski definition) is 0. The van der Waals surface area contributed by atoms with Gasteiger partial charge in [-0.3, -0.25) is 4.79 Å². The van der Waals surface area contributed by atoms with E-state index in [0.717, 1.165) is 17.7 Å². The van der Waals surface area contributed by atoms with Crippen molar-refractivity contribution in [2.75, 3.05) is 33.4 Å². The molecule has 0 atom stereocenters. The number of sulfonamides is 1. The summed E-state index contributed by atoms with van der Waals surface area (Å²) in [5.41, 5.74) is 0.375. The second-order valence-corrected chi connectivity index (χ2v) is 11.2. The number of rotatable bonds is 9. The molecule has 4 rings (SSSR count). The number of thiophene rings is 1. The minimum absolute atomic E-state index is 0.118. The van der Waals surface area contributed by atoms with Crippen LogP contribution in [-0.4, -0.2) is 67.1 Å². The highest BCUT2D eigenvalue weighted by Crippen LogP contribution is 2.25. The number of nitrogens with zero attached hydrogens (tertiary/aromatic N) is 4. The minimum atomic E-state index is -3.57. The molecule has 3 heterocycles. The molecule has 182 valence electrons. The lowest BCUT2D eigenvalue weighted by Gasteiger charge is -2.29. The van der Waals surface area contributed by atoms with Gasteiger partial charge in [0.15, 0.2) is 0 Å². The van der Waals surface area contributed by atoms with Gasteiger partial charge in [-0.1, -0.05) is 13.0 Å². The highest BCUT2D eigenvalue weighted by atomic mass is 32.2. The molecule has 1 amide bonds. The van der Waals surface area contributed by atoms with Gasteiger partial charge in [-0.15, -0.1) is 21.5 Å². The third-order valence-electron chi connectivity index (χ3n) is 5.86. The van der Waals surface area contributed by atoms with Crippen molar-refractivity contribution in [2.24, 2.45) is 5.92 Å². The Balaban J connectivity index is 1.48. The predicted octanol–water partition coefficient (Wildman–Crippen LogP) is 3.51. The van der Waals surface area contributed by atoms with Gasteiger partial charge < -0.3 is 14.1 Å². The molecule has 9 nitrogen and oxygen atoms in total. The van der Waals surface area contributed by atoms with Crippen LogP contribution >= 0.6 is 11.3 Å². The monoisotopic (exact) mass is 504 g/mol. The summed E-state index contributed by atoms with van der Waals surface area (Å²) in [4.78, 5) is 15.8. The number of benzene rings is 1. The van der Waals surface area contributed by atoms with Crippen molar-refractivity contribution in [3.63, 3.8) is 0 Å². The number of amides is 1. The molecule has 0 saturated carbocycles. The highest BCUT2D eigenvalue weighted by Gasteiger charge is 2.28. The summed E-state index contributed by atoms with van der Waals surface area (Å²) in [6.07, 6.45) is 1.71. The van der Waals surface area contributed by atoms with E-state index in [1.165, 1.54) is 27.8 Å². The number of piperidine rings is 1. The summed E-state index contributed by atoms with van der Waals surface area (Å²) in [6.45, 7) is 3.94. The number of aromatic nitrogens is 2. The van der Waals surface area contributed by atoms with Crippen LogP contribution in [0, 0.1) is 5.92 Å². The van der Waals surface area contributed by atoms with Crippen LogP contribution in [-0.2, 0) is 21.3 Å². The molecule has 0 unspecified atom stereocenters. The van der Waals surface area contributed by atoms with Gasteiger partial charge in [-0.25, -0.2) is 8.42 Å². The Morgan fingerprint density at radius 1 is 1.21 bits per heavy atom. The van der Waals surface area contributed by atoms with Crippen LogP contribution in [0.1, 0.15) is 36.0 Å². The number of hydrogen-bond acceptors (Lipinski definition) is 8. The molecule has 0 bridgehead atoms. The summed E-state index contributed by atoms with van der Waals surface area (Å²) >= 11 is 1.49. The van der Waals surface area contributed by atoms with Crippen LogP contribution in [0.25, 0.3) is 10.8 Å². The second-order valence-electron chi connectivity index (χ2n) is 8.31. The van der Waals surface area contributed by atoms with Crippen molar-refractivity contribution in [1.82, 2.24) is 19.4 Å². The lowest BCUT2D eigenvalue weighted by molar-refractivity contribution is 0.0663. The summed E-state index contributed by atoms with van der Waals surface area (Å²) in [5.74, 6) is 0.977. The fourth-order valence-electron chi connectivity index (χ4n) is 3.76. The van der Waals surface area contributed by atoms with E-state index in [-0.39, 0.29) is 17.3 Å². The summed E-state index contributed by atoms with van der Waals surface area (Å²) < 4.78 is 38.4. The summed E-state index contributed by atoms with van der Waals surface area (Å²) in [7, 11) is -2.01. The topological polar surface area (TPSA) is 106 Å². The predicted molar refractivity (Wildman–Crippen MR) is 128 cm³/mol. The second kappa shape index (κ2) is 10.8. The fourth-order valence-corrected chi connectivity index (χ4v) is 5.87. The van der Waals surface area contributed by atoms with Gasteiger partial charge in [0.25, 0.3) is 11.8 Å². The Hall–Kier alpha value is -2.60. The van der Waals surface area contributed by atoms with Gasteiger partial charge in [-0.2, -0.15) is 4.31 Å². The van der Waals surface area contributed by atoms with Crippen LogP contribution in [0.2, 0.25) is 0 Å². The molecule has 0 radical (unpaired) electrons. The molecule has 11 heteroatoms. The minimum Gasteiger partial charge on any atom is -0.418 e. The first-order chi connectivity index (χ1) is 16.4. The Labute approximate surface area is 203 Å². The SMILES string of the molecule is COCCN(Cc1nnc(-c2cccs2)o1)C(=O)c1ccc(S(=O)(=O)N2CCC(C)CC2)cc1. The van der Waals surface area contributed by atoms with E-state index >= 15 is 0 Å². The quantitative estimate of drug-likeness (QED) is 0.439. The Morgan fingerprint density at radius 2 is 1.94 bits per heavy atom. The van der Waals surface area contributed by atoms with Crippen LogP contribution in [0.4, 0.5) is 0 Å². The van der Waals surface area contributed by atoms with Crippen LogP contribution in [0.15, 0.2) is 51.1 Å². The fraction of sp³-hybridized carbons (Fsp3) is 0.435. The largest absolute Gasteiger partial charge is 0.418 e. The number of carbonyl (C=O) groups is 1. The van der Waals surface area contributed by atoms with Gasteiger partial charge >= 0.3 is 0 Å². The Kier molecular flexibility index (Phi) is 7.77. The molecule has 1 saturated heterocycles. The Bertz CT molecular complexity index is 1180. The Morgan fingerprint density at radius 3 is 2.59 bits per heavy atom. The van der Waals surface area contributed by atoms with Crippen molar-refractivity contribution in [3.8, 4) is 10.8 Å². The molecule has 34 heavy (non-hydrogen) atoms. The zero-order chi connectivity index (χ0) is 24.1. The molecule has 1 aromatic carbocycles. The highest BCUT2D eigenvalue weighted by molar-refractivity contribution is 7.89. The first-order valence-corrected chi connectivity index (χ1v) is 13.4. The van der Waals surface area contributed by atoms with Crippen molar-refractivity contribution >= 4 is 27.3 Å².